The van der Waals surface area contributed by atoms with Crippen molar-refractivity contribution in [2.24, 2.45) is 0 Å². The van der Waals surface area contributed by atoms with Crippen molar-refractivity contribution in [3.05, 3.63) is 35.6 Å². The van der Waals surface area contributed by atoms with Gasteiger partial charge in [-0.25, -0.2) is 4.39 Å². The largest absolute Gasteiger partial charge is 0.298 e. The molecule has 0 aliphatic carbocycles. The minimum atomic E-state index is -0.159. The molecule has 1 atom stereocenters. The summed E-state index contributed by atoms with van der Waals surface area (Å²) in [6.45, 7) is 3.16. The van der Waals surface area contributed by atoms with Gasteiger partial charge < -0.3 is 0 Å². The number of benzene rings is 1. The van der Waals surface area contributed by atoms with Gasteiger partial charge in [0.05, 0.1) is 0 Å². The first-order valence-corrected chi connectivity index (χ1v) is 5.76. The minimum Gasteiger partial charge on any atom is -0.298 e. The van der Waals surface area contributed by atoms with Crippen LogP contribution in [0.15, 0.2) is 24.3 Å². The van der Waals surface area contributed by atoms with Crippen LogP contribution in [0.5, 0.6) is 0 Å². The maximum Gasteiger partial charge on any atom is 0.123 e. The molecule has 1 aromatic carbocycles. The molecule has 1 aliphatic heterocycles. The third-order valence-electron chi connectivity index (χ3n) is 2.53. The van der Waals surface area contributed by atoms with E-state index in [4.69, 9.17) is 0 Å². The Morgan fingerprint density at radius 3 is 2.64 bits per heavy atom. The van der Waals surface area contributed by atoms with Gasteiger partial charge in [0, 0.05) is 17.9 Å². The topological polar surface area (TPSA) is 3.24 Å². The van der Waals surface area contributed by atoms with Gasteiger partial charge in [0.1, 0.15) is 5.82 Å². The quantitative estimate of drug-likeness (QED) is 0.737. The molecule has 0 spiro atoms. The van der Waals surface area contributed by atoms with Gasteiger partial charge in [-0.2, -0.15) is 0 Å². The van der Waals surface area contributed by atoms with Crippen LogP contribution in [0, 0.1) is 5.82 Å². The van der Waals surface area contributed by atoms with E-state index in [9.17, 15) is 4.39 Å². The minimum absolute atomic E-state index is 0.159. The zero-order valence-electron chi connectivity index (χ0n) is 7.92. The van der Waals surface area contributed by atoms with E-state index in [1.165, 1.54) is 24.1 Å². The number of nitrogens with zero attached hydrogens (tertiary/aromatic N) is 1. The van der Waals surface area contributed by atoms with Crippen LogP contribution in [0.3, 0.4) is 0 Å². The van der Waals surface area contributed by atoms with Crippen LogP contribution in [-0.2, 0) is 6.54 Å². The number of likely N-dealkylation sites (tertiary alicyclic amines) is 1. The monoisotopic (exact) mass is 257 g/mol. The fraction of sp³-hybridized carbons (Fsp3) is 0.455. The second-order valence-corrected chi connectivity index (χ2v) is 5.04. The Balaban J connectivity index is 1.94. The smallest absolute Gasteiger partial charge is 0.123 e. The molecule has 3 heteroatoms. The van der Waals surface area contributed by atoms with Gasteiger partial charge in [-0.05, 0) is 30.7 Å². The molecule has 14 heavy (non-hydrogen) atoms. The van der Waals surface area contributed by atoms with Crippen molar-refractivity contribution in [1.82, 2.24) is 4.90 Å². The van der Waals surface area contributed by atoms with Gasteiger partial charge in [0.25, 0.3) is 0 Å². The third kappa shape index (κ3) is 2.55. The van der Waals surface area contributed by atoms with Gasteiger partial charge in [-0.1, -0.05) is 28.1 Å². The SMILES string of the molecule is Fc1ccc(CN2CCC(Br)C2)cc1. The van der Waals surface area contributed by atoms with Crippen molar-refractivity contribution < 1.29 is 4.39 Å². The van der Waals surface area contributed by atoms with Crippen LogP contribution in [0.2, 0.25) is 0 Å². The zero-order chi connectivity index (χ0) is 9.97. The Hall–Kier alpha value is -0.410. The first kappa shape index (κ1) is 10.1. The fourth-order valence-electron chi connectivity index (χ4n) is 1.78. The average molecular weight is 258 g/mol. The highest BCUT2D eigenvalue weighted by molar-refractivity contribution is 9.09. The molecule has 1 fully saturated rings. The molecule has 0 N–H and O–H groups in total. The summed E-state index contributed by atoms with van der Waals surface area (Å²) in [5.41, 5.74) is 1.19. The molecular weight excluding hydrogens is 245 g/mol. The Bertz CT molecular complexity index is 299. The van der Waals surface area contributed by atoms with Crippen molar-refractivity contribution in [3.8, 4) is 0 Å². The number of alkyl halides is 1. The summed E-state index contributed by atoms with van der Waals surface area (Å²) in [5.74, 6) is -0.159. The highest BCUT2D eigenvalue weighted by Crippen LogP contribution is 2.18. The van der Waals surface area contributed by atoms with Gasteiger partial charge in [-0.15, -0.1) is 0 Å². The molecule has 1 nitrogen and oxygen atoms in total. The van der Waals surface area contributed by atoms with Crippen LogP contribution in [0.25, 0.3) is 0 Å². The number of hydrogen-bond acceptors (Lipinski definition) is 1. The normalized spacial score (nSPS) is 22.9. The van der Waals surface area contributed by atoms with Crippen molar-refractivity contribution >= 4 is 15.9 Å². The highest BCUT2D eigenvalue weighted by atomic mass is 79.9. The molecule has 1 unspecified atom stereocenters. The number of hydrogen-bond donors (Lipinski definition) is 0. The van der Waals surface area contributed by atoms with E-state index < -0.39 is 0 Å². The Labute approximate surface area is 92.0 Å². The average Bonchev–Trinajstić information content (AvgIpc) is 2.56. The van der Waals surface area contributed by atoms with Crippen molar-refractivity contribution in [2.45, 2.75) is 17.8 Å². The highest BCUT2D eigenvalue weighted by Gasteiger charge is 2.19. The first-order valence-electron chi connectivity index (χ1n) is 4.85. The van der Waals surface area contributed by atoms with E-state index in [-0.39, 0.29) is 5.82 Å². The summed E-state index contributed by atoms with van der Waals surface area (Å²) < 4.78 is 12.6. The van der Waals surface area contributed by atoms with E-state index in [2.05, 4.69) is 20.8 Å². The van der Waals surface area contributed by atoms with E-state index >= 15 is 0 Å². The second-order valence-electron chi connectivity index (χ2n) is 3.75. The Kier molecular flexibility index (Phi) is 3.19. The van der Waals surface area contributed by atoms with E-state index in [1.54, 1.807) is 0 Å². The zero-order valence-corrected chi connectivity index (χ0v) is 9.50. The Morgan fingerprint density at radius 1 is 1.36 bits per heavy atom. The summed E-state index contributed by atoms with van der Waals surface area (Å²) in [4.78, 5) is 3.01. The summed E-state index contributed by atoms with van der Waals surface area (Å²) in [6.07, 6.45) is 1.21. The van der Waals surface area contributed by atoms with Crippen molar-refractivity contribution in [1.29, 1.82) is 0 Å². The first-order chi connectivity index (χ1) is 6.74. The van der Waals surface area contributed by atoms with Gasteiger partial charge in [0.2, 0.25) is 0 Å². The molecule has 1 heterocycles. The van der Waals surface area contributed by atoms with E-state index in [0.29, 0.717) is 4.83 Å². The van der Waals surface area contributed by atoms with E-state index in [0.717, 1.165) is 19.6 Å². The molecule has 1 saturated heterocycles. The molecule has 1 aromatic rings. The lowest BCUT2D eigenvalue weighted by Crippen LogP contribution is -2.19. The lowest BCUT2D eigenvalue weighted by atomic mass is 10.2. The molecule has 0 amide bonds. The summed E-state index contributed by atoms with van der Waals surface area (Å²) in [5, 5.41) is 0. The third-order valence-corrected chi connectivity index (χ3v) is 3.28. The fourth-order valence-corrected chi connectivity index (χ4v) is 2.39. The van der Waals surface area contributed by atoms with Gasteiger partial charge in [0.15, 0.2) is 0 Å². The maximum atomic E-state index is 12.6. The standard InChI is InChI=1S/C11H13BrFN/c12-10-5-6-14(8-10)7-9-1-3-11(13)4-2-9/h1-4,10H,5-8H2. The Morgan fingerprint density at radius 2 is 2.07 bits per heavy atom. The summed E-state index contributed by atoms with van der Waals surface area (Å²) >= 11 is 3.60. The summed E-state index contributed by atoms with van der Waals surface area (Å²) in [6, 6.07) is 6.77. The molecule has 1 aliphatic rings. The predicted octanol–water partition coefficient (Wildman–Crippen LogP) is 2.79. The maximum absolute atomic E-state index is 12.6. The number of rotatable bonds is 2. The molecule has 0 saturated carbocycles. The van der Waals surface area contributed by atoms with Crippen molar-refractivity contribution in [2.75, 3.05) is 13.1 Å². The van der Waals surface area contributed by atoms with E-state index in [1.807, 2.05) is 12.1 Å². The summed E-state index contributed by atoms with van der Waals surface area (Å²) in [7, 11) is 0. The van der Waals surface area contributed by atoms with Gasteiger partial charge >= 0.3 is 0 Å². The van der Waals surface area contributed by atoms with Crippen LogP contribution in [0.4, 0.5) is 4.39 Å². The number of halogens is 2. The predicted molar refractivity (Wildman–Crippen MR) is 59.0 cm³/mol. The lowest BCUT2D eigenvalue weighted by Gasteiger charge is -2.14. The molecule has 0 bridgehead atoms. The molecule has 2 rings (SSSR count). The molecule has 0 radical (unpaired) electrons. The molecule has 76 valence electrons. The molecular formula is C11H13BrFN. The van der Waals surface area contributed by atoms with Gasteiger partial charge in [-0.3, -0.25) is 4.90 Å². The van der Waals surface area contributed by atoms with Crippen molar-refractivity contribution in [3.63, 3.8) is 0 Å². The van der Waals surface area contributed by atoms with Crippen LogP contribution in [0.1, 0.15) is 12.0 Å². The molecule has 0 aromatic heterocycles. The van der Waals surface area contributed by atoms with Crippen LogP contribution >= 0.6 is 15.9 Å². The second kappa shape index (κ2) is 4.41. The van der Waals surface area contributed by atoms with Crippen LogP contribution < -0.4 is 0 Å². The lowest BCUT2D eigenvalue weighted by molar-refractivity contribution is 0.332. The van der Waals surface area contributed by atoms with Crippen LogP contribution in [-0.4, -0.2) is 22.8 Å².